The first kappa shape index (κ1) is 16.2. The third-order valence-electron chi connectivity index (χ3n) is 4.02. The van der Waals surface area contributed by atoms with E-state index in [9.17, 15) is 4.79 Å². The zero-order valence-electron chi connectivity index (χ0n) is 13.6. The van der Waals surface area contributed by atoms with Gasteiger partial charge in [-0.25, -0.2) is 0 Å². The molecular formula is C21H22N2O. The highest BCUT2D eigenvalue weighted by molar-refractivity contribution is 5.90. The van der Waals surface area contributed by atoms with Gasteiger partial charge in [-0.1, -0.05) is 54.6 Å². The molecule has 3 N–H and O–H groups in total. The second-order valence-corrected chi connectivity index (χ2v) is 6.09. The number of benzene rings is 2. The minimum absolute atomic E-state index is 0.434. The fraction of sp³-hybridized carbons (Fsp3) is 0.190. The van der Waals surface area contributed by atoms with Crippen molar-refractivity contribution in [1.82, 2.24) is 5.32 Å². The van der Waals surface area contributed by atoms with Gasteiger partial charge in [0, 0.05) is 18.7 Å². The van der Waals surface area contributed by atoms with Gasteiger partial charge in [-0.3, -0.25) is 4.79 Å². The Labute approximate surface area is 142 Å². The average molecular weight is 318 g/mol. The second kappa shape index (κ2) is 7.75. The van der Waals surface area contributed by atoms with Crippen molar-refractivity contribution < 1.29 is 4.79 Å². The van der Waals surface area contributed by atoms with E-state index in [1.807, 2.05) is 18.2 Å². The van der Waals surface area contributed by atoms with Gasteiger partial charge >= 0.3 is 0 Å². The lowest BCUT2D eigenvalue weighted by molar-refractivity contribution is -0.113. The van der Waals surface area contributed by atoms with Gasteiger partial charge in [0.1, 0.15) is 0 Å². The molecule has 0 saturated heterocycles. The van der Waals surface area contributed by atoms with Gasteiger partial charge in [0.15, 0.2) is 0 Å². The van der Waals surface area contributed by atoms with Crippen molar-refractivity contribution in [2.75, 3.05) is 6.54 Å². The Morgan fingerprint density at radius 2 is 1.71 bits per heavy atom. The zero-order chi connectivity index (χ0) is 16.8. The average Bonchev–Trinajstić information content (AvgIpc) is 3.43. The third kappa shape index (κ3) is 4.93. The summed E-state index contributed by atoms with van der Waals surface area (Å²) < 4.78 is 0. The van der Waals surface area contributed by atoms with Crippen LogP contribution in [0.15, 0.2) is 60.7 Å². The first-order valence-corrected chi connectivity index (χ1v) is 8.28. The predicted molar refractivity (Wildman–Crippen MR) is 100 cm³/mol. The van der Waals surface area contributed by atoms with E-state index in [1.165, 1.54) is 30.1 Å². The standard InChI is InChI=1S/C21H22N2O/c22-21(24)13-10-16-6-8-17(9-7-16)14-19(15-23-20-11-12-20)18-4-2-1-3-5-18/h1-10,13-14,20,23H,11-12,15H2,(H2,22,24)/b13-10+,19-14-. The minimum atomic E-state index is -0.434. The predicted octanol–water partition coefficient (Wildman–Crippen LogP) is 3.48. The van der Waals surface area contributed by atoms with Crippen molar-refractivity contribution in [3.8, 4) is 0 Å². The molecule has 2 aromatic carbocycles. The fourth-order valence-electron chi connectivity index (χ4n) is 2.51. The summed E-state index contributed by atoms with van der Waals surface area (Å²) in [6.45, 7) is 0.873. The van der Waals surface area contributed by atoms with Crippen LogP contribution in [0.1, 0.15) is 29.5 Å². The molecule has 1 saturated carbocycles. The van der Waals surface area contributed by atoms with Crippen LogP contribution < -0.4 is 11.1 Å². The Morgan fingerprint density at radius 1 is 1.04 bits per heavy atom. The van der Waals surface area contributed by atoms with E-state index >= 15 is 0 Å². The van der Waals surface area contributed by atoms with Gasteiger partial charge in [-0.05, 0) is 47.3 Å². The van der Waals surface area contributed by atoms with Crippen molar-refractivity contribution in [3.63, 3.8) is 0 Å². The van der Waals surface area contributed by atoms with Crippen molar-refractivity contribution in [2.45, 2.75) is 18.9 Å². The first-order valence-electron chi connectivity index (χ1n) is 8.28. The van der Waals surface area contributed by atoms with E-state index in [4.69, 9.17) is 5.73 Å². The van der Waals surface area contributed by atoms with Crippen molar-refractivity contribution >= 4 is 23.6 Å². The summed E-state index contributed by atoms with van der Waals surface area (Å²) in [7, 11) is 0. The van der Waals surface area contributed by atoms with E-state index < -0.39 is 5.91 Å². The fourth-order valence-corrected chi connectivity index (χ4v) is 2.51. The van der Waals surface area contributed by atoms with Crippen LogP contribution in [0.4, 0.5) is 0 Å². The highest BCUT2D eigenvalue weighted by Crippen LogP contribution is 2.22. The second-order valence-electron chi connectivity index (χ2n) is 6.09. The number of amides is 1. The lowest BCUT2D eigenvalue weighted by Crippen LogP contribution is -2.18. The Hall–Kier alpha value is -2.65. The van der Waals surface area contributed by atoms with Crippen LogP contribution in [-0.2, 0) is 4.79 Å². The largest absolute Gasteiger partial charge is 0.366 e. The maximum absolute atomic E-state index is 10.8. The van der Waals surface area contributed by atoms with Gasteiger partial charge in [0.05, 0.1) is 0 Å². The van der Waals surface area contributed by atoms with Gasteiger partial charge < -0.3 is 11.1 Å². The Balaban J connectivity index is 1.79. The van der Waals surface area contributed by atoms with Crippen LogP contribution in [0.25, 0.3) is 17.7 Å². The van der Waals surface area contributed by atoms with E-state index in [2.05, 4.69) is 47.8 Å². The van der Waals surface area contributed by atoms with Crippen molar-refractivity contribution in [2.24, 2.45) is 5.73 Å². The molecule has 1 aliphatic carbocycles. The molecule has 0 radical (unpaired) electrons. The number of nitrogens with two attached hydrogens (primary N) is 1. The molecule has 1 aliphatic rings. The maximum Gasteiger partial charge on any atom is 0.241 e. The van der Waals surface area contributed by atoms with E-state index in [0.717, 1.165) is 17.7 Å². The summed E-state index contributed by atoms with van der Waals surface area (Å²) in [6.07, 6.45) is 7.88. The van der Waals surface area contributed by atoms with E-state index in [1.54, 1.807) is 6.08 Å². The summed E-state index contributed by atoms with van der Waals surface area (Å²) in [5.41, 5.74) is 9.74. The Morgan fingerprint density at radius 3 is 2.33 bits per heavy atom. The number of hydrogen-bond acceptors (Lipinski definition) is 2. The smallest absolute Gasteiger partial charge is 0.241 e. The summed E-state index contributed by atoms with van der Waals surface area (Å²) in [6, 6.07) is 19.2. The maximum atomic E-state index is 10.8. The molecule has 122 valence electrons. The number of carbonyl (C=O) groups is 1. The van der Waals surface area contributed by atoms with E-state index in [-0.39, 0.29) is 0 Å². The number of primary amides is 1. The quantitative estimate of drug-likeness (QED) is 0.606. The summed E-state index contributed by atoms with van der Waals surface area (Å²) >= 11 is 0. The highest BCUT2D eigenvalue weighted by Gasteiger charge is 2.20. The van der Waals surface area contributed by atoms with Gasteiger partial charge in [-0.2, -0.15) is 0 Å². The molecule has 0 aliphatic heterocycles. The molecule has 3 nitrogen and oxygen atoms in total. The van der Waals surface area contributed by atoms with Crippen molar-refractivity contribution in [3.05, 3.63) is 77.4 Å². The SMILES string of the molecule is NC(=O)/C=C/c1ccc(/C=C(/CNC2CC2)c2ccccc2)cc1. The number of hydrogen-bond donors (Lipinski definition) is 2. The van der Waals surface area contributed by atoms with Crippen molar-refractivity contribution in [1.29, 1.82) is 0 Å². The molecule has 1 amide bonds. The van der Waals surface area contributed by atoms with Crippen LogP contribution in [0.2, 0.25) is 0 Å². The molecule has 0 unspecified atom stereocenters. The molecule has 0 heterocycles. The zero-order valence-corrected chi connectivity index (χ0v) is 13.6. The topological polar surface area (TPSA) is 55.1 Å². The number of carbonyl (C=O) groups excluding carboxylic acids is 1. The molecule has 2 aromatic rings. The van der Waals surface area contributed by atoms with Gasteiger partial charge in [0.25, 0.3) is 0 Å². The molecule has 0 spiro atoms. The van der Waals surface area contributed by atoms with E-state index in [0.29, 0.717) is 6.04 Å². The summed E-state index contributed by atoms with van der Waals surface area (Å²) in [4.78, 5) is 10.8. The molecule has 1 fully saturated rings. The Bertz CT molecular complexity index is 741. The monoisotopic (exact) mass is 318 g/mol. The molecule has 24 heavy (non-hydrogen) atoms. The summed E-state index contributed by atoms with van der Waals surface area (Å²) in [5.74, 6) is -0.434. The molecule has 3 rings (SSSR count). The minimum Gasteiger partial charge on any atom is -0.366 e. The van der Waals surface area contributed by atoms with Gasteiger partial charge in [-0.15, -0.1) is 0 Å². The van der Waals surface area contributed by atoms with Crippen LogP contribution in [0.5, 0.6) is 0 Å². The summed E-state index contributed by atoms with van der Waals surface area (Å²) in [5, 5.41) is 3.59. The lowest BCUT2D eigenvalue weighted by atomic mass is 10.0. The number of rotatable bonds is 7. The van der Waals surface area contributed by atoms with Gasteiger partial charge in [0.2, 0.25) is 5.91 Å². The molecule has 0 aromatic heterocycles. The molecular weight excluding hydrogens is 296 g/mol. The Kier molecular flexibility index (Phi) is 5.24. The highest BCUT2D eigenvalue weighted by atomic mass is 16.1. The van der Waals surface area contributed by atoms with Crippen LogP contribution in [0, 0.1) is 0 Å². The third-order valence-corrected chi connectivity index (χ3v) is 4.02. The lowest BCUT2D eigenvalue weighted by Gasteiger charge is -2.10. The molecule has 0 bridgehead atoms. The first-order chi connectivity index (χ1) is 11.7. The molecule has 3 heteroatoms. The van der Waals surface area contributed by atoms with Crippen LogP contribution >= 0.6 is 0 Å². The number of nitrogens with one attached hydrogen (secondary N) is 1. The van der Waals surface area contributed by atoms with Crippen LogP contribution in [0.3, 0.4) is 0 Å². The van der Waals surface area contributed by atoms with Crippen LogP contribution in [-0.4, -0.2) is 18.5 Å². The normalized spacial score (nSPS) is 14.9. The molecule has 0 atom stereocenters.